The lowest BCUT2D eigenvalue weighted by molar-refractivity contribution is -0.174. The molecule has 0 bridgehead atoms. The van der Waals surface area contributed by atoms with Crippen LogP contribution in [0.1, 0.15) is 37.9 Å². The van der Waals surface area contributed by atoms with Gasteiger partial charge in [0, 0.05) is 0 Å². The standard InChI is InChI=1S/C14H18F3NO/c1-9(2)8-11-4-6-12(7-5-11)10(3)18-13(19)14(15,16)17/h4-7,9-10H,8H2,1-3H3,(H,18,19). The van der Waals surface area contributed by atoms with Crippen molar-refractivity contribution in [3.63, 3.8) is 0 Å². The van der Waals surface area contributed by atoms with Gasteiger partial charge in [-0.1, -0.05) is 38.1 Å². The van der Waals surface area contributed by atoms with Crippen LogP contribution in [-0.2, 0) is 11.2 Å². The summed E-state index contributed by atoms with van der Waals surface area (Å²) in [5, 5.41) is 1.93. The van der Waals surface area contributed by atoms with Crippen LogP contribution < -0.4 is 5.32 Å². The number of rotatable bonds is 4. The Morgan fingerprint density at radius 3 is 2.11 bits per heavy atom. The summed E-state index contributed by atoms with van der Waals surface area (Å²) in [6, 6.07) is 6.59. The van der Waals surface area contributed by atoms with Gasteiger partial charge in [0.25, 0.3) is 0 Å². The molecule has 0 radical (unpaired) electrons. The Morgan fingerprint density at radius 2 is 1.68 bits per heavy atom. The van der Waals surface area contributed by atoms with Crippen molar-refractivity contribution in [2.75, 3.05) is 0 Å². The summed E-state index contributed by atoms with van der Waals surface area (Å²) in [5.41, 5.74) is 1.79. The molecular formula is C14H18F3NO. The number of carbonyl (C=O) groups is 1. The van der Waals surface area contributed by atoms with Gasteiger partial charge in [-0.3, -0.25) is 4.79 Å². The zero-order valence-corrected chi connectivity index (χ0v) is 11.2. The lowest BCUT2D eigenvalue weighted by Gasteiger charge is -2.16. The van der Waals surface area contributed by atoms with E-state index in [1.165, 1.54) is 6.92 Å². The van der Waals surface area contributed by atoms with Crippen LogP contribution in [0.5, 0.6) is 0 Å². The molecule has 0 aliphatic rings. The fourth-order valence-electron chi connectivity index (χ4n) is 1.78. The van der Waals surface area contributed by atoms with Crippen LogP contribution in [0.3, 0.4) is 0 Å². The van der Waals surface area contributed by atoms with E-state index < -0.39 is 18.1 Å². The van der Waals surface area contributed by atoms with Crippen LogP contribution in [0.15, 0.2) is 24.3 Å². The minimum atomic E-state index is -4.84. The molecule has 0 fully saturated rings. The number of halogens is 3. The maximum Gasteiger partial charge on any atom is 0.471 e. The van der Waals surface area contributed by atoms with E-state index >= 15 is 0 Å². The fraction of sp³-hybridized carbons (Fsp3) is 0.500. The lowest BCUT2D eigenvalue weighted by Crippen LogP contribution is -2.38. The molecule has 0 spiro atoms. The molecule has 19 heavy (non-hydrogen) atoms. The predicted molar refractivity (Wildman–Crippen MR) is 67.6 cm³/mol. The third-order valence-electron chi connectivity index (χ3n) is 2.73. The van der Waals surface area contributed by atoms with E-state index in [0.29, 0.717) is 11.5 Å². The van der Waals surface area contributed by atoms with Crippen molar-refractivity contribution in [1.29, 1.82) is 0 Å². The number of nitrogens with one attached hydrogen (secondary N) is 1. The first-order valence-electron chi connectivity index (χ1n) is 6.16. The van der Waals surface area contributed by atoms with E-state index in [2.05, 4.69) is 13.8 Å². The van der Waals surface area contributed by atoms with Gasteiger partial charge in [0.05, 0.1) is 6.04 Å². The topological polar surface area (TPSA) is 29.1 Å². The summed E-state index contributed by atoms with van der Waals surface area (Å²) in [4.78, 5) is 10.8. The van der Waals surface area contributed by atoms with E-state index in [0.717, 1.165) is 12.0 Å². The Balaban J connectivity index is 2.68. The molecule has 0 aliphatic heterocycles. The normalized spacial score (nSPS) is 13.4. The Bertz CT molecular complexity index is 423. The number of hydrogen-bond donors (Lipinski definition) is 1. The molecule has 0 heterocycles. The maximum absolute atomic E-state index is 12.1. The van der Waals surface area contributed by atoms with Gasteiger partial charge in [-0.25, -0.2) is 0 Å². The van der Waals surface area contributed by atoms with Crippen LogP contribution >= 0.6 is 0 Å². The zero-order chi connectivity index (χ0) is 14.6. The molecule has 1 atom stereocenters. The second kappa shape index (κ2) is 6.08. The molecule has 5 heteroatoms. The minimum Gasteiger partial charge on any atom is -0.342 e. The van der Waals surface area contributed by atoms with Crippen LogP contribution in [0.4, 0.5) is 13.2 Å². The summed E-state index contributed by atoms with van der Waals surface area (Å²) in [6.45, 7) is 5.72. The Labute approximate surface area is 111 Å². The molecule has 2 nitrogen and oxygen atoms in total. The quantitative estimate of drug-likeness (QED) is 0.891. The van der Waals surface area contributed by atoms with E-state index in [1.807, 2.05) is 17.4 Å². The fourth-order valence-corrected chi connectivity index (χ4v) is 1.78. The summed E-state index contributed by atoms with van der Waals surface area (Å²) in [6.07, 6.45) is -3.92. The number of amides is 1. The van der Waals surface area contributed by atoms with Gasteiger partial charge >= 0.3 is 12.1 Å². The van der Waals surface area contributed by atoms with Crippen LogP contribution in [0.25, 0.3) is 0 Å². The van der Waals surface area contributed by atoms with Gasteiger partial charge in [0.15, 0.2) is 0 Å². The lowest BCUT2D eigenvalue weighted by atomic mass is 10.00. The summed E-state index contributed by atoms with van der Waals surface area (Å²) < 4.78 is 36.4. The number of alkyl halides is 3. The Kier molecular flexibility index (Phi) is 4.97. The van der Waals surface area contributed by atoms with E-state index in [-0.39, 0.29) is 0 Å². The van der Waals surface area contributed by atoms with Gasteiger partial charge < -0.3 is 5.32 Å². The van der Waals surface area contributed by atoms with Gasteiger partial charge in [0.1, 0.15) is 0 Å². The summed E-state index contributed by atoms with van der Waals surface area (Å²) in [7, 11) is 0. The molecule has 0 saturated heterocycles. The second-order valence-electron chi connectivity index (χ2n) is 5.03. The predicted octanol–water partition coefficient (Wildman–Crippen LogP) is 3.62. The Morgan fingerprint density at radius 1 is 1.16 bits per heavy atom. The molecule has 1 aromatic rings. The first kappa shape index (κ1) is 15.5. The molecule has 1 rings (SSSR count). The molecule has 0 saturated carbocycles. The molecule has 106 valence electrons. The first-order chi connectivity index (χ1) is 8.70. The molecule has 1 aromatic carbocycles. The van der Waals surface area contributed by atoms with Gasteiger partial charge in [-0.15, -0.1) is 0 Å². The van der Waals surface area contributed by atoms with Crippen LogP contribution in [-0.4, -0.2) is 12.1 Å². The maximum atomic E-state index is 12.1. The summed E-state index contributed by atoms with van der Waals surface area (Å²) in [5.74, 6) is -1.39. The first-order valence-corrected chi connectivity index (χ1v) is 6.16. The number of carbonyl (C=O) groups excluding carboxylic acids is 1. The van der Waals surface area contributed by atoms with Crippen molar-refractivity contribution in [3.05, 3.63) is 35.4 Å². The monoisotopic (exact) mass is 273 g/mol. The van der Waals surface area contributed by atoms with Crippen molar-refractivity contribution < 1.29 is 18.0 Å². The van der Waals surface area contributed by atoms with Crippen molar-refractivity contribution in [2.24, 2.45) is 5.92 Å². The smallest absolute Gasteiger partial charge is 0.342 e. The molecule has 1 amide bonds. The van der Waals surface area contributed by atoms with Crippen molar-refractivity contribution in [2.45, 2.75) is 39.4 Å². The van der Waals surface area contributed by atoms with Gasteiger partial charge in [-0.05, 0) is 30.4 Å². The largest absolute Gasteiger partial charge is 0.471 e. The van der Waals surface area contributed by atoms with E-state index in [4.69, 9.17) is 0 Å². The Hall–Kier alpha value is -1.52. The second-order valence-corrected chi connectivity index (χ2v) is 5.03. The van der Waals surface area contributed by atoms with Gasteiger partial charge in [-0.2, -0.15) is 13.2 Å². The van der Waals surface area contributed by atoms with Crippen molar-refractivity contribution >= 4 is 5.91 Å². The highest BCUT2D eigenvalue weighted by Gasteiger charge is 2.39. The highest BCUT2D eigenvalue weighted by molar-refractivity contribution is 5.82. The van der Waals surface area contributed by atoms with E-state index in [9.17, 15) is 18.0 Å². The third-order valence-corrected chi connectivity index (χ3v) is 2.73. The third kappa shape index (κ3) is 4.93. The minimum absolute atomic E-state index is 0.521. The van der Waals surface area contributed by atoms with Gasteiger partial charge in [0.2, 0.25) is 0 Å². The average Bonchev–Trinajstić information content (AvgIpc) is 2.27. The number of benzene rings is 1. The highest BCUT2D eigenvalue weighted by atomic mass is 19.4. The molecule has 1 unspecified atom stereocenters. The van der Waals surface area contributed by atoms with Crippen molar-refractivity contribution in [1.82, 2.24) is 5.32 Å². The molecular weight excluding hydrogens is 255 g/mol. The van der Waals surface area contributed by atoms with Crippen molar-refractivity contribution in [3.8, 4) is 0 Å². The van der Waals surface area contributed by atoms with E-state index in [1.54, 1.807) is 12.1 Å². The number of hydrogen-bond acceptors (Lipinski definition) is 1. The average molecular weight is 273 g/mol. The SMILES string of the molecule is CC(C)Cc1ccc(C(C)NC(=O)C(F)(F)F)cc1. The molecule has 0 aliphatic carbocycles. The highest BCUT2D eigenvalue weighted by Crippen LogP contribution is 2.19. The molecule has 0 aromatic heterocycles. The summed E-state index contributed by atoms with van der Waals surface area (Å²) >= 11 is 0. The van der Waals surface area contributed by atoms with Crippen LogP contribution in [0, 0.1) is 5.92 Å². The van der Waals surface area contributed by atoms with Crippen LogP contribution in [0.2, 0.25) is 0 Å². The zero-order valence-electron chi connectivity index (χ0n) is 11.2. The molecule has 1 N–H and O–H groups in total.